The van der Waals surface area contributed by atoms with E-state index in [1.807, 2.05) is 11.9 Å². The SMILES string of the molecule is CCCCN(C)C(=NC)NCCNC(=O)c1ccc(C(F)(F)F)cc1. The van der Waals surface area contributed by atoms with Gasteiger partial charge in [0.2, 0.25) is 0 Å². The lowest BCUT2D eigenvalue weighted by Gasteiger charge is -2.21. The predicted molar refractivity (Wildman–Crippen MR) is 92.7 cm³/mol. The molecule has 0 radical (unpaired) electrons. The lowest BCUT2D eigenvalue weighted by Crippen LogP contribution is -2.42. The maximum atomic E-state index is 12.5. The zero-order valence-electron chi connectivity index (χ0n) is 14.8. The molecule has 0 fully saturated rings. The number of nitrogens with one attached hydrogen (secondary N) is 2. The average molecular weight is 358 g/mol. The monoisotopic (exact) mass is 358 g/mol. The molecule has 1 aromatic carbocycles. The Morgan fingerprint density at radius 1 is 1.16 bits per heavy atom. The summed E-state index contributed by atoms with van der Waals surface area (Å²) in [5.41, 5.74) is -0.581. The topological polar surface area (TPSA) is 56.7 Å². The number of halogens is 3. The van der Waals surface area contributed by atoms with Crippen LogP contribution in [0, 0.1) is 0 Å². The Morgan fingerprint density at radius 2 is 1.76 bits per heavy atom. The van der Waals surface area contributed by atoms with Gasteiger partial charge in [-0.1, -0.05) is 13.3 Å². The number of amides is 1. The molecule has 0 aromatic heterocycles. The van der Waals surface area contributed by atoms with Gasteiger partial charge in [0.1, 0.15) is 0 Å². The minimum atomic E-state index is -4.40. The molecule has 1 aromatic rings. The van der Waals surface area contributed by atoms with E-state index in [-0.39, 0.29) is 5.56 Å². The maximum absolute atomic E-state index is 12.5. The first kappa shape index (κ1) is 20.8. The quantitative estimate of drug-likeness (QED) is 0.448. The summed E-state index contributed by atoms with van der Waals surface area (Å²) < 4.78 is 37.5. The van der Waals surface area contributed by atoms with E-state index in [1.165, 1.54) is 12.1 Å². The van der Waals surface area contributed by atoms with Crippen molar-refractivity contribution >= 4 is 11.9 Å². The smallest absolute Gasteiger partial charge is 0.354 e. The summed E-state index contributed by atoms with van der Waals surface area (Å²) in [6.45, 7) is 3.80. The van der Waals surface area contributed by atoms with E-state index in [9.17, 15) is 18.0 Å². The number of hydrogen-bond acceptors (Lipinski definition) is 2. The van der Waals surface area contributed by atoms with Gasteiger partial charge in [-0.3, -0.25) is 9.79 Å². The Hall–Kier alpha value is -2.25. The van der Waals surface area contributed by atoms with Crippen LogP contribution in [0.2, 0.25) is 0 Å². The van der Waals surface area contributed by atoms with Crippen molar-refractivity contribution in [1.82, 2.24) is 15.5 Å². The molecule has 0 bridgehead atoms. The van der Waals surface area contributed by atoms with Gasteiger partial charge in [-0.15, -0.1) is 0 Å². The molecule has 8 heteroatoms. The number of unbranched alkanes of at least 4 members (excludes halogenated alkanes) is 1. The number of carbonyl (C=O) groups is 1. The van der Waals surface area contributed by atoms with Crippen molar-refractivity contribution in [2.75, 3.05) is 33.7 Å². The number of carbonyl (C=O) groups excluding carboxylic acids is 1. The number of aliphatic imine (C=N–C) groups is 1. The first-order chi connectivity index (χ1) is 11.8. The van der Waals surface area contributed by atoms with E-state index in [4.69, 9.17) is 0 Å². The van der Waals surface area contributed by atoms with Crippen LogP contribution in [0.5, 0.6) is 0 Å². The second kappa shape index (κ2) is 9.90. The fourth-order valence-corrected chi connectivity index (χ4v) is 2.15. The molecule has 0 aliphatic heterocycles. The molecule has 1 amide bonds. The summed E-state index contributed by atoms with van der Waals surface area (Å²) in [4.78, 5) is 18.1. The second-order valence-electron chi connectivity index (χ2n) is 5.58. The third kappa shape index (κ3) is 7.03. The van der Waals surface area contributed by atoms with E-state index in [2.05, 4.69) is 22.5 Å². The van der Waals surface area contributed by atoms with Crippen LogP contribution in [0.3, 0.4) is 0 Å². The van der Waals surface area contributed by atoms with Gasteiger partial charge in [0.05, 0.1) is 5.56 Å². The molecule has 0 aliphatic carbocycles. The van der Waals surface area contributed by atoms with Crippen LogP contribution in [0.25, 0.3) is 0 Å². The van der Waals surface area contributed by atoms with Crippen LogP contribution >= 0.6 is 0 Å². The molecular weight excluding hydrogens is 333 g/mol. The molecule has 0 spiro atoms. The molecule has 0 saturated carbocycles. The zero-order chi connectivity index (χ0) is 18.9. The van der Waals surface area contributed by atoms with Crippen molar-refractivity contribution in [1.29, 1.82) is 0 Å². The molecule has 0 unspecified atom stereocenters. The highest BCUT2D eigenvalue weighted by Crippen LogP contribution is 2.28. The fraction of sp³-hybridized carbons (Fsp3) is 0.529. The number of rotatable bonds is 7. The lowest BCUT2D eigenvalue weighted by molar-refractivity contribution is -0.137. The summed E-state index contributed by atoms with van der Waals surface area (Å²) in [7, 11) is 3.62. The third-order valence-corrected chi connectivity index (χ3v) is 3.59. The van der Waals surface area contributed by atoms with E-state index in [0.29, 0.717) is 13.1 Å². The molecule has 140 valence electrons. The van der Waals surface area contributed by atoms with Crippen LogP contribution in [0.1, 0.15) is 35.7 Å². The normalized spacial score (nSPS) is 12.0. The van der Waals surface area contributed by atoms with Crippen LogP contribution in [-0.4, -0.2) is 50.5 Å². The van der Waals surface area contributed by atoms with Gasteiger partial charge in [-0.25, -0.2) is 0 Å². The Morgan fingerprint density at radius 3 is 2.28 bits per heavy atom. The summed E-state index contributed by atoms with van der Waals surface area (Å²) in [5, 5.41) is 5.79. The van der Waals surface area contributed by atoms with Crippen molar-refractivity contribution in [2.45, 2.75) is 25.9 Å². The van der Waals surface area contributed by atoms with Crippen LogP contribution in [-0.2, 0) is 6.18 Å². The highest BCUT2D eigenvalue weighted by molar-refractivity contribution is 5.94. The van der Waals surface area contributed by atoms with Crippen molar-refractivity contribution in [3.8, 4) is 0 Å². The first-order valence-electron chi connectivity index (χ1n) is 8.16. The predicted octanol–water partition coefficient (Wildman–Crippen LogP) is 2.74. The molecule has 2 N–H and O–H groups in total. The van der Waals surface area contributed by atoms with Crippen molar-refractivity contribution in [3.63, 3.8) is 0 Å². The Bertz CT molecular complexity index is 570. The van der Waals surface area contributed by atoms with E-state index >= 15 is 0 Å². The first-order valence-corrected chi connectivity index (χ1v) is 8.16. The fourth-order valence-electron chi connectivity index (χ4n) is 2.15. The number of alkyl halides is 3. The van der Waals surface area contributed by atoms with Crippen molar-refractivity contribution < 1.29 is 18.0 Å². The maximum Gasteiger partial charge on any atom is 0.416 e. The molecule has 5 nitrogen and oxygen atoms in total. The second-order valence-corrected chi connectivity index (χ2v) is 5.58. The van der Waals surface area contributed by atoms with Crippen molar-refractivity contribution in [2.24, 2.45) is 4.99 Å². The summed E-state index contributed by atoms with van der Waals surface area (Å²) in [6, 6.07) is 4.14. The molecule has 0 aliphatic rings. The number of hydrogen-bond donors (Lipinski definition) is 2. The van der Waals surface area contributed by atoms with Gasteiger partial charge in [-0.05, 0) is 30.7 Å². The van der Waals surface area contributed by atoms with Crippen LogP contribution < -0.4 is 10.6 Å². The van der Waals surface area contributed by atoms with Gasteiger partial charge < -0.3 is 15.5 Å². The Labute approximate surface area is 146 Å². The highest BCUT2D eigenvalue weighted by atomic mass is 19.4. The standard InChI is InChI=1S/C17H25F3N4O/c1-4-5-12-24(3)16(21-2)23-11-10-22-15(25)13-6-8-14(9-7-13)17(18,19)20/h6-9H,4-5,10-12H2,1-3H3,(H,21,23)(H,22,25). The summed E-state index contributed by atoms with van der Waals surface area (Å²) in [5.74, 6) is 0.321. The number of benzene rings is 1. The lowest BCUT2D eigenvalue weighted by atomic mass is 10.1. The molecule has 0 heterocycles. The van der Waals surface area contributed by atoms with E-state index in [1.54, 1.807) is 7.05 Å². The van der Waals surface area contributed by atoms with Gasteiger partial charge >= 0.3 is 6.18 Å². The number of nitrogens with zero attached hydrogens (tertiary/aromatic N) is 2. The zero-order valence-corrected chi connectivity index (χ0v) is 14.8. The average Bonchev–Trinajstić information content (AvgIpc) is 2.58. The summed E-state index contributed by atoms with van der Waals surface area (Å²) >= 11 is 0. The van der Waals surface area contributed by atoms with Crippen LogP contribution in [0.15, 0.2) is 29.3 Å². The third-order valence-electron chi connectivity index (χ3n) is 3.59. The Balaban J connectivity index is 2.41. The largest absolute Gasteiger partial charge is 0.416 e. The minimum absolute atomic E-state index is 0.192. The van der Waals surface area contributed by atoms with Crippen molar-refractivity contribution in [3.05, 3.63) is 35.4 Å². The molecule has 0 atom stereocenters. The molecular formula is C17H25F3N4O. The highest BCUT2D eigenvalue weighted by Gasteiger charge is 2.30. The van der Waals surface area contributed by atoms with Gasteiger partial charge in [0, 0.05) is 39.3 Å². The molecule has 0 saturated heterocycles. The van der Waals surface area contributed by atoms with Gasteiger partial charge in [0.25, 0.3) is 5.91 Å². The molecule has 1 rings (SSSR count). The van der Waals surface area contributed by atoms with E-state index < -0.39 is 17.6 Å². The number of guanidine groups is 1. The van der Waals surface area contributed by atoms with Gasteiger partial charge in [-0.2, -0.15) is 13.2 Å². The van der Waals surface area contributed by atoms with E-state index in [0.717, 1.165) is 37.5 Å². The Kier molecular flexibility index (Phi) is 8.24. The molecule has 25 heavy (non-hydrogen) atoms. The summed E-state index contributed by atoms with van der Waals surface area (Å²) in [6.07, 6.45) is -2.26. The van der Waals surface area contributed by atoms with Gasteiger partial charge in [0.15, 0.2) is 5.96 Å². The minimum Gasteiger partial charge on any atom is -0.354 e. The van der Waals surface area contributed by atoms with Crippen LogP contribution in [0.4, 0.5) is 13.2 Å².